The molecule has 2 nitrogen and oxygen atoms in total. The lowest BCUT2D eigenvalue weighted by Gasteiger charge is -2.17. The summed E-state index contributed by atoms with van der Waals surface area (Å²) < 4.78 is 0. The number of unbranched alkanes of at least 4 members (excludes halogenated alkanes) is 1. The molecular weight excluding hydrogens is 160 g/mol. The van der Waals surface area contributed by atoms with Gasteiger partial charge >= 0.3 is 0 Å². The summed E-state index contributed by atoms with van der Waals surface area (Å²) in [6.45, 7) is 12.6. The van der Waals surface area contributed by atoms with Crippen molar-refractivity contribution in [3.05, 3.63) is 12.2 Å². The van der Waals surface area contributed by atoms with Gasteiger partial charge in [0, 0.05) is 13.1 Å². The Bertz CT molecular complexity index is 132. The number of nitrogens with zero attached hydrogens (tertiary/aromatic N) is 1. The third-order valence-electron chi connectivity index (χ3n) is 2.01. The number of hydrogen-bond donors (Lipinski definition) is 1. The van der Waals surface area contributed by atoms with Gasteiger partial charge in [0.1, 0.15) is 0 Å². The van der Waals surface area contributed by atoms with Crippen molar-refractivity contribution in [1.29, 1.82) is 0 Å². The van der Waals surface area contributed by atoms with E-state index in [0.29, 0.717) is 0 Å². The minimum atomic E-state index is 0.951. The van der Waals surface area contributed by atoms with Gasteiger partial charge in [0.2, 0.25) is 0 Å². The van der Waals surface area contributed by atoms with E-state index in [1.807, 2.05) is 0 Å². The van der Waals surface area contributed by atoms with Crippen LogP contribution in [-0.2, 0) is 0 Å². The lowest BCUT2D eigenvalue weighted by Crippen LogP contribution is -2.26. The average Bonchev–Trinajstić information content (AvgIpc) is 2.11. The molecule has 0 spiro atoms. The first-order chi connectivity index (χ1) is 6.20. The summed E-state index contributed by atoms with van der Waals surface area (Å²) in [5.41, 5.74) is 1.28. The quantitative estimate of drug-likeness (QED) is 0.579. The van der Waals surface area contributed by atoms with Gasteiger partial charge in [-0.25, -0.2) is 0 Å². The highest BCUT2D eigenvalue weighted by molar-refractivity contribution is 4.99. The van der Waals surface area contributed by atoms with Gasteiger partial charge in [0.25, 0.3) is 0 Å². The van der Waals surface area contributed by atoms with Crippen molar-refractivity contribution in [1.82, 2.24) is 10.2 Å². The summed E-state index contributed by atoms with van der Waals surface area (Å²) in [6, 6.07) is 0. The summed E-state index contributed by atoms with van der Waals surface area (Å²) in [6.07, 6.45) is 2.55. The van der Waals surface area contributed by atoms with Gasteiger partial charge < -0.3 is 10.2 Å². The van der Waals surface area contributed by atoms with Crippen molar-refractivity contribution in [3.8, 4) is 0 Å². The molecule has 0 aliphatic heterocycles. The highest BCUT2D eigenvalue weighted by Gasteiger charge is 1.99. The molecule has 0 saturated heterocycles. The van der Waals surface area contributed by atoms with Gasteiger partial charge in [0.05, 0.1) is 0 Å². The standard InChI is InChI=1S/C11H24N2/c1-5-7-8-13(4)10-11(3)9-12-6-2/h12H,3,5-10H2,1-2,4H3. The van der Waals surface area contributed by atoms with Crippen molar-refractivity contribution < 1.29 is 0 Å². The van der Waals surface area contributed by atoms with Crippen LogP contribution in [0, 0.1) is 0 Å². The zero-order valence-electron chi connectivity index (χ0n) is 9.40. The molecule has 0 aromatic heterocycles. The second-order valence-electron chi connectivity index (χ2n) is 3.62. The van der Waals surface area contributed by atoms with Crippen LogP contribution in [0.15, 0.2) is 12.2 Å². The second-order valence-corrected chi connectivity index (χ2v) is 3.62. The predicted molar refractivity (Wildman–Crippen MR) is 60.1 cm³/mol. The molecule has 0 aliphatic rings. The Morgan fingerprint density at radius 3 is 2.62 bits per heavy atom. The minimum Gasteiger partial charge on any atom is -0.313 e. The van der Waals surface area contributed by atoms with Crippen molar-refractivity contribution in [2.24, 2.45) is 0 Å². The van der Waals surface area contributed by atoms with Crippen molar-refractivity contribution >= 4 is 0 Å². The third-order valence-corrected chi connectivity index (χ3v) is 2.01. The predicted octanol–water partition coefficient (Wildman–Crippen LogP) is 1.88. The molecule has 1 N–H and O–H groups in total. The van der Waals surface area contributed by atoms with Crippen LogP contribution >= 0.6 is 0 Å². The highest BCUT2D eigenvalue weighted by atomic mass is 15.1. The molecule has 0 heterocycles. The van der Waals surface area contributed by atoms with E-state index in [1.165, 1.54) is 25.0 Å². The smallest absolute Gasteiger partial charge is 0.0199 e. The van der Waals surface area contributed by atoms with E-state index in [9.17, 15) is 0 Å². The summed E-state index contributed by atoms with van der Waals surface area (Å²) in [5.74, 6) is 0. The van der Waals surface area contributed by atoms with E-state index in [-0.39, 0.29) is 0 Å². The molecule has 0 bridgehead atoms. The molecule has 2 heteroatoms. The maximum Gasteiger partial charge on any atom is 0.0199 e. The van der Waals surface area contributed by atoms with Crippen LogP contribution in [0.3, 0.4) is 0 Å². The van der Waals surface area contributed by atoms with E-state index >= 15 is 0 Å². The monoisotopic (exact) mass is 184 g/mol. The second kappa shape index (κ2) is 8.27. The van der Waals surface area contributed by atoms with Gasteiger partial charge in [-0.3, -0.25) is 0 Å². The third kappa shape index (κ3) is 8.00. The zero-order valence-corrected chi connectivity index (χ0v) is 9.40. The maximum absolute atomic E-state index is 4.04. The number of likely N-dealkylation sites (N-methyl/N-ethyl adjacent to an activating group) is 2. The van der Waals surface area contributed by atoms with Crippen LogP contribution in [0.5, 0.6) is 0 Å². The van der Waals surface area contributed by atoms with Gasteiger partial charge in [-0.05, 0) is 32.1 Å². The van der Waals surface area contributed by atoms with Crippen LogP contribution in [-0.4, -0.2) is 38.1 Å². The molecule has 0 saturated carbocycles. The fourth-order valence-corrected chi connectivity index (χ4v) is 1.25. The molecule has 13 heavy (non-hydrogen) atoms. The molecule has 0 aromatic carbocycles. The van der Waals surface area contributed by atoms with Crippen LogP contribution in [0.2, 0.25) is 0 Å². The molecule has 0 amide bonds. The number of hydrogen-bond acceptors (Lipinski definition) is 2. The fourth-order valence-electron chi connectivity index (χ4n) is 1.25. The Hall–Kier alpha value is -0.340. The highest BCUT2D eigenvalue weighted by Crippen LogP contribution is 1.96. The van der Waals surface area contributed by atoms with E-state index in [1.54, 1.807) is 0 Å². The Morgan fingerprint density at radius 2 is 2.08 bits per heavy atom. The zero-order chi connectivity index (χ0) is 10.1. The summed E-state index contributed by atoms with van der Waals surface area (Å²) >= 11 is 0. The Labute approximate surface area is 83.0 Å². The molecule has 0 radical (unpaired) electrons. The topological polar surface area (TPSA) is 15.3 Å². The van der Waals surface area contributed by atoms with Gasteiger partial charge in [-0.15, -0.1) is 0 Å². The van der Waals surface area contributed by atoms with Gasteiger partial charge in [-0.2, -0.15) is 0 Å². The summed E-state index contributed by atoms with van der Waals surface area (Å²) in [5, 5.41) is 3.28. The molecule has 0 aliphatic carbocycles. The van der Waals surface area contributed by atoms with Gasteiger partial charge in [-0.1, -0.05) is 26.8 Å². The number of nitrogens with one attached hydrogen (secondary N) is 1. The molecule has 0 fully saturated rings. The Morgan fingerprint density at radius 1 is 1.38 bits per heavy atom. The largest absolute Gasteiger partial charge is 0.313 e. The first-order valence-corrected chi connectivity index (χ1v) is 5.26. The average molecular weight is 184 g/mol. The van der Waals surface area contributed by atoms with E-state index in [4.69, 9.17) is 0 Å². The lowest BCUT2D eigenvalue weighted by atomic mass is 10.2. The van der Waals surface area contributed by atoms with Crippen LogP contribution in [0.4, 0.5) is 0 Å². The normalized spacial score (nSPS) is 10.8. The van der Waals surface area contributed by atoms with Crippen molar-refractivity contribution in [3.63, 3.8) is 0 Å². The molecular formula is C11H24N2. The molecule has 0 rings (SSSR count). The Balaban J connectivity index is 3.41. The van der Waals surface area contributed by atoms with Crippen LogP contribution < -0.4 is 5.32 Å². The molecule has 0 aromatic rings. The Kier molecular flexibility index (Phi) is 8.05. The van der Waals surface area contributed by atoms with E-state index in [0.717, 1.165) is 19.6 Å². The first kappa shape index (κ1) is 12.7. The van der Waals surface area contributed by atoms with Crippen LogP contribution in [0.1, 0.15) is 26.7 Å². The lowest BCUT2D eigenvalue weighted by molar-refractivity contribution is 0.352. The number of rotatable bonds is 8. The summed E-state index contributed by atoms with van der Waals surface area (Å²) in [4.78, 5) is 2.34. The van der Waals surface area contributed by atoms with E-state index < -0.39 is 0 Å². The molecule has 78 valence electrons. The van der Waals surface area contributed by atoms with Crippen LogP contribution in [0.25, 0.3) is 0 Å². The maximum atomic E-state index is 4.04. The SMILES string of the molecule is C=C(CNCC)CN(C)CCCC. The van der Waals surface area contributed by atoms with E-state index in [2.05, 4.69) is 37.7 Å². The van der Waals surface area contributed by atoms with Crippen molar-refractivity contribution in [2.45, 2.75) is 26.7 Å². The van der Waals surface area contributed by atoms with Gasteiger partial charge in [0.15, 0.2) is 0 Å². The molecule has 0 atom stereocenters. The van der Waals surface area contributed by atoms with Crippen molar-refractivity contribution in [2.75, 3.05) is 33.2 Å². The first-order valence-electron chi connectivity index (χ1n) is 5.26. The molecule has 0 unspecified atom stereocenters. The summed E-state index contributed by atoms with van der Waals surface area (Å²) in [7, 11) is 2.16. The fraction of sp³-hybridized carbons (Fsp3) is 0.818. The minimum absolute atomic E-state index is 0.951.